The number of nitro groups is 2. The van der Waals surface area contributed by atoms with Crippen molar-refractivity contribution in [1.82, 2.24) is 10.2 Å². The van der Waals surface area contributed by atoms with Crippen molar-refractivity contribution in [2.24, 2.45) is 0 Å². The lowest BCUT2D eigenvalue weighted by Gasteiger charge is -1.97. The van der Waals surface area contributed by atoms with E-state index >= 15 is 0 Å². The molecule has 0 amide bonds. The highest BCUT2D eigenvalue weighted by molar-refractivity contribution is 8.03. The first-order valence-electron chi connectivity index (χ1n) is 6.69. The molecular formula is C14H8N4O4S3. The molecule has 126 valence electrons. The summed E-state index contributed by atoms with van der Waals surface area (Å²) in [5.74, 6) is 0. The molecule has 2 aromatic carbocycles. The van der Waals surface area contributed by atoms with E-state index in [4.69, 9.17) is 0 Å². The van der Waals surface area contributed by atoms with E-state index in [-0.39, 0.29) is 11.4 Å². The zero-order valence-electron chi connectivity index (χ0n) is 12.3. The van der Waals surface area contributed by atoms with Crippen LogP contribution in [-0.2, 0) is 0 Å². The Bertz CT molecular complexity index is 839. The Morgan fingerprint density at radius 3 is 1.40 bits per heavy atom. The predicted octanol–water partition coefficient (Wildman–Crippen LogP) is 4.66. The maximum absolute atomic E-state index is 10.6. The largest absolute Gasteiger partial charge is 0.269 e. The quantitative estimate of drug-likeness (QED) is 0.440. The summed E-state index contributed by atoms with van der Waals surface area (Å²) in [5, 5.41) is 29.4. The summed E-state index contributed by atoms with van der Waals surface area (Å²) in [6, 6.07) is 12.4. The van der Waals surface area contributed by atoms with Crippen LogP contribution in [0, 0.1) is 20.2 Å². The summed E-state index contributed by atoms with van der Waals surface area (Å²) in [7, 11) is 0. The van der Waals surface area contributed by atoms with Crippen LogP contribution in [0.4, 0.5) is 11.4 Å². The van der Waals surface area contributed by atoms with E-state index in [9.17, 15) is 20.2 Å². The average molecular weight is 392 g/mol. The lowest BCUT2D eigenvalue weighted by Crippen LogP contribution is -1.86. The molecule has 0 N–H and O–H groups in total. The molecule has 0 aliphatic heterocycles. The topological polar surface area (TPSA) is 112 Å². The van der Waals surface area contributed by atoms with E-state index in [0.717, 1.165) is 9.79 Å². The van der Waals surface area contributed by atoms with E-state index in [0.29, 0.717) is 8.68 Å². The van der Waals surface area contributed by atoms with Crippen LogP contribution in [0.5, 0.6) is 0 Å². The molecule has 8 nitrogen and oxygen atoms in total. The molecule has 0 saturated heterocycles. The molecule has 25 heavy (non-hydrogen) atoms. The van der Waals surface area contributed by atoms with E-state index in [1.54, 1.807) is 24.3 Å². The summed E-state index contributed by atoms with van der Waals surface area (Å²) in [4.78, 5) is 22.1. The van der Waals surface area contributed by atoms with Crippen molar-refractivity contribution in [3.8, 4) is 0 Å². The molecule has 1 aromatic heterocycles. The summed E-state index contributed by atoms with van der Waals surface area (Å²) in [6.07, 6.45) is 0. The molecule has 0 radical (unpaired) electrons. The van der Waals surface area contributed by atoms with Gasteiger partial charge in [-0.2, -0.15) is 0 Å². The summed E-state index contributed by atoms with van der Waals surface area (Å²) in [5.41, 5.74) is 0.0760. The first-order valence-corrected chi connectivity index (χ1v) is 9.14. The highest BCUT2D eigenvalue weighted by atomic mass is 32.2. The van der Waals surface area contributed by atoms with Gasteiger partial charge >= 0.3 is 0 Å². The number of hydrogen-bond donors (Lipinski definition) is 0. The summed E-state index contributed by atoms with van der Waals surface area (Å²) in [6.45, 7) is 0. The average Bonchev–Trinajstić information content (AvgIpc) is 3.02. The summed E-state index contributed by atoms with van der Waals surface area (Å²) < 4.78 is 1.41. The number of rotatable bonds is 6. The molecule has 0 aliphatic carbocycles. The van der Waals surface area contributed by atoms with Crippen LogP contribution in [-0.4, -0.2) is 20.0 Å². The Kier molecular flexibility index (Phi) is 5.26. The smallest absolute Gasteiger partial charge is 0.258 e. The van der Waals surface area contributed by atoms with Gasteiger partial charge in [-0.15, -0.1) is 10.2 Å². The number of non-ortho nitro benzene ring substituents is 2. The Labute approximate surface area is 153 Å². The normalized spacial score (nSPS) is 10.6. The van der Waals surface area contributed by atoms with E-state index < -0.39 is 9.85 Å². The molecule has 0 unspecified atom stereocenters. The van der Waals surface area contributed by atoms with Crippen molar-refractivity contribution in [2.45, 2.75) is 18.5 Å². The monoisotopic (exact) mass is 392 g/mol. The molecule has 1 heterocycles. The number of aromatic nitrogens is 2. The second kappa shape index (κ2) is 7.59. The predicted molar refractivity (Wildman–Crippen MR) is 94.3 cm³/mol. The lowest BCUT2D eigenvalue weighted by molar-refractivity contribution is -0.385. The van der Waals surface area contributed by atoms with Gasteiger partial charge in [-0.1, -0.05) is 34.9 Å². The van der Waals surface area contributed by atoms with Gasteiger partial charge in [0, 0.05) is 34.1 Å². The van der Waals surface area contributed by atoms with Gasteiger partial charge in [-0.05, 0) is 24.3 Å². The van der Waals surface area contributed by atoms with Crippen LogP contribution in [0.2, 0.25) is 0 Å². The zero-order valence-corrected chi connectivity index (χ0v) is 14.7. The third-order valence-electron chi connectivity index (χ3n) is 2.89. The highest BCUT2D eigenvalue weighted by Gasteiger charge is 2.11. The molecule has 0 aliphatic rings. The minimum Gasteiger partial charge on any atom is -0.258 e. The van der Waals surface area contributed by atoms with Gasteiger partial charge in [0.25, 0.3) is 11.4 Å². The van der Waals surface area contributed by atoms with Crippen LogP contribution in [0.15, 0.2) is 67.0 Å². The first-order chi connectivity index (χ1) is 12.0. The fraction of sp³-hybridized carbons (Fsp3) is 0. The van der Waals surface area contributed by atoms with Crippen LogP contribution >= 0.6 is 34.9 Å². The maximum Gasteiger partial charge on any atom is 0.269 e. The van der Waals surface area contributed by atoms with Gasteiger partial charge in [0.1, 0.15) is 0 Å². The Balaban J connectivity index is 1.65. The number of nitrogens with zero attached hydrogens (tertiary/aromatic N) is 4. The molecule has 0 fully saturated rings. The van der Waals surface area contributed by atoms with Crippen LogP contribution < -0.4 is 0 Å². The van der Waals surface area contributed by atoms with Crippen molar-refractivity contribution in [3.05, 3.63) is 68.8 Å². The van der Waals surface area contributed by atoms with Crippen molar-refractivity contribution in [2.75, 3.05) is 0 Å². The van der Waals surface area contributed by atoms with Gasteiger partial charge in [0.05, 0.1) is 9.85 Å². The lowest BCUT2D eigenvalue weighted by atomic mass is 10.3. The summed E-state index contributed by atoms with van der Waals surface area (Å²) >= 11 is 4.11. The van der Waals surface area contributed by atoms with Crippen molar-refractivity contribution in [3.63, 3.8) is 0 Å². The van der Waals surface area contributed by atoms with Crippen LogP contribution in [0.25, 0.3) is 0 Å². The molecule has 0 bridgehead atoms. The third kappa shape index (κ3) is 4.53. The second-order valence-electron chi connectivity index (χ2n) is 4.54. The number of nitro benzene ring substituents is 2. The van der Waals surface area contributed by atoms with Crippen LogP contribution in [0.1, 0.15) is 0 Å². The van der Waals surface area contributed by atoms with E-state index in [1.807, 2.05) is 0 Å². The standard InChI is InChI=1S/C14H8N4O4S3/c19-17(20)9-1-5-11(6-2-9)23-13-15-16-14(25-13)24-12-7-3-10(4-8-12)18(21)22/h1-8H. The molecule has 3 rings (SSSR count). The molecule has 0 atom stereocenters. The Morgan fingerprint density at radius 1 is 0.720 bits per heavy atom. The molecule has 11 heteroatoms. The van der Waals surface area contributed by atoms with Crippen molar-refractivity contribution < 1.29 is 9.85 Å². The number of benzene rings is 2. The fourth-order valence-electron chi connectivity index (χ4n) is 1.75. The van der Waals surface area contributed by atoms with Gasteiger partial charge < -0.3 is 0 Å². The highest BCUT2D eigenvalue weighted by Crippen LogP contribution is 2.37. The minimum absolute atomic E-state index is 0.0380. The number of hydrogen-bond acceptors (Lipinski definition) is 9. The molecule has 0 spiro atoms. The van der Waals surface area contributed by atoms with Gasteiger partial charge in [-0.3, -0.25) is 20.2 Å². The van der Waals surface area contributed by atoms with Crippen molar-refractivity contribution >= 4 is 46.2 Å². The SMILES string of the molecule is O=[N+]([O-])c1ccc(Sc2nnc(Sc3ccc([N+](=O)[O-])cc3)s2)cc1. The minimum atomic E-state index is -0.446. The van der Waals surface area contributed by atoms with Crippen molar-refractivity contribution in [1.29, 1.82) is 0 Å². The fourth-order valence-corrected chi connectivity index (χ4v) is 4.72. The van der Waals surface area contributed by atoms with E-state index in [2.05, 4.69) is 10.2 Å². The second-order valence-corrected chi connectivity index (χ2v) is 8.16. The van der Waals surface area contributed by atoms with Crippen LogP contribution in [0.3, 0.4) is 0 Å². The Morgan fingerprint density at radius 2 is 1.08 bits per heavy atom. The first kappa shape index (κ1) is 17.3. The van der Waals surface area contributed by atoms with Gasteiger partial charge in [-0.25, -0.2) is 0 Å². The van der Waals surface area contributed by atoms with E-state index in [1.165, 1.54) is 59.1 Å². The molecular weight excluding hydrogens is 384 g/mol. The van der Waals surface area contributed by atoms with Gasteiger partial charge in [0.2, 0.25) is 0 Å². The molecule has 0 saturated carbocycles. The maximum atomic E-state index is 10.6. The van der Waals surface area contributed by atoms with Gasteiger partial charge in [0.15, 0.2) is 8.68 Å². The zero-order chi connectivity index (χ0) is 17.8. The third-order valence-corrected chi connectivity index (χ3v) is 5.93. The molecule has 3 aromatic rings. The Hall–Kier alpha value is -2.50.